The van der Waals surface area contributed by atoms with Gasteiger partial charge in [0.1, 0.15) is 0 Å². The molecule has 0 aliphatic heterocycles. The van der Waals surface area contributed by atoms with Crippen molar-refractivity contribution in [2.45, 2.75) is 71.1 Å². The van der Waals surface area contributed by atoms with E-state index in [-0.39, 0.29) is 5.41 Å². The molecular formula is C15H26N2. The molecule has 96 valence electrons. The van der Waals surface area contributed by atoms with Gasteiger partial charge in [-0.2, -0.15) is 0 Å². The second-order valence-electron chi connectivity index (χ2n) is 5.21. The molecule has 0 amide bonds. The zero-order valence-electron chi connectivity index (χ0n) is 11.6. The van der Waals surface area contributed by atoms with Crippen LogP contribution in [0.2, 0.25) is 0 Å². The summed E-state index contributed by atoms with van der Waals surface area (Å²) in [4.78, 5) is 8.72. The lowest BCUT2D eigenvalue weighted by Gasteiger charge is -2.28. The van der Waals surface area contributed by atoms with E-state index in [0.29, 0.717) is 0 Å². The van der Waals surface area contributed by atoms with Gasteiger partial charge in [0.25, 0.3) is 0 Å². The topological polar surface area (TPSA) is 25.8 Å². The molecule has 0 saturated heterocycles. The highest BCUT2D eigenvalue weighted by Crippen LogP contribution is 2.32. The number of rotatable bonds is 8. The van der Waals surface area contributed by atoms with Crippen LogP contribution in [-0.2, 0) is 5.41 Å². The maximum Gasteiger partial charge on any atom is 0.0645 e. The predicted molar refractivity (Wildman–Crippen MR) is 73.1 cm³/mol. The van der Waals surface area contributed by atoms with Gasteiger partial charge in [-0.3, -0.25) is 9.97 Å². The molecule has 17 heavy (non-hydrogen) atoms. The number of hydrogen-bond acceptors (Lipinski definition) is 2. The van der Waals surface area contributed by atoms with Crippen molar-refractivity contribution in [3.63, 3.8) is 0 Å². The fraction of sp³-hybridized carbons (Fsp3) is 0.733. The van der Waals surface area contributed by atoms with E-state index in [9.17, 15) is 0 Å². The van der Waals surface area contributed by atoms with Crippen molar-refractivity contribution in [2.24, 2.45) is 0 Å². The maximum atomic E-state index is 4.51. The third kappa shape index (κ3) is 4.45. The van der Waals surface area contributed by atoms with E-state index < -0.39 is 0 Å². The third-order valence-corrected chi connectivity index (χ3v) is 3.57. The van der Waals surface area contributed by atoms with E-state index in [1.165, 1.54) is 50.6 Å². The fourth-order valence-corrected chi connectivity index (χ4v) is 2.49. The zero-order valence-corrected chi connectivity index (χ0v) is 11.6. The second-order valence-corrected chi connectivity index (χ2v) is 5.21. The summed E-state index contributed by atoms with van der Waals surface area (Å²) in [5.41, 5.74) is 1.38. The summed E-state index contributed by atoms with van der Waals surface area (Å²) in [6, 6.07) is 0. The molecule has 0 aromatic carbocycles. The first-order chi connectivity index (χ1) is 8.23. The van der Waals surface area contributed by atoms with Gasteiger partial charge < -0.3 is 0 Å². The van der Waals surface area contributed by atoms with E-state index in [1.807, 2.05) is 12.4 Å². The normalized spacial score (nSPS) is 14.5. The van der Waals surface area contributed by atoms with Gasteiger partial charge in [0.15, 0.2) is 0 Å². The number of aromatic nitrogens is 2. The van der Waals surface area contributed by atoms with Crippen molar-refractivity contribution in [1.29, 1.82) is 0 Å². The van der Waals surface area contributed by atoms with Crippen LogP contribution in [-0.4, -0.2) is 9.97 Å². The van der Waals surface area contributed by atoms with E-state index in [1.54, 1.807) is 6.20 Å². The number of hydrogen-bond donors (Lipinski definition) is 0. The third-order valence-electron chi connectivity index (χ3n) is 3.57. The molecular weight excluding hydrogens is 208 g/mol. The van der Waals surface area contributed by atoms with Crippen molar-refractivity contribution in [3.05, 3.63) is 24.3 Å². The van der Waals surface area contributed by atoms with Crippen LogP contribution >= 0.6 is 0 Å². The lowest BCUT2D eigenvalue weighted by atomic mass is 9.78. The van der Waals surface area contributed by atoms with Crippen LogP contribution < -0.4 is 0 Å². The van der Waals surface area contributed by atoms with Gasteiger partial charge >= 0.3 is 0 Å². The van der Waals surface area contributed by atoms with Crippen LogP contribution in [0.15, 0.2) is 18.6 Å². The first kappa shape index (κ1) is 14.1. The van der Waals surface area contributed by atoms with Crippen LogP contribution in [0.25, 0.3) is 0 Å². The molecule has 1 rings (SSSR count). The molecule has 2 nitrogen and oxygen atoms in total. The molecule has 0 fully saturated rings. The molecule has 0 radical (unpaired) electrons. The molecule has 1 unspecified atom stereocenters. The minimum absolute atomic E-state index is 0.219. The summed E-state index contributed by atoms with van der Waals surface area (Å²) in [6.07, 6.45) is 14.5. The zero-order chi connectivity index (χ0) is 12.6. The monoisotopic (exact) mass is 234 g/mol. The van der Waals surface area contributed by atoms with Gasteiger partial charge in [-0.1, -0.05) is 52.9 Å². The Bertz CT molecular complexity index is 297. The lowest BCUT2D eigenvalue weighted by molar-refractivity contribution is 0.366. The predicted octanol–water partition coefficient (Wildman–Crippen LogP) is 4.50. The summed E-state index contributed by atoms with van der Waals surface area (Å²) in [7, 11) is 0. The van der Waals surface area contributed by atoms with Crippen LogP contribution in [0.1, 0.15) is 71.4 Å². The Hall–Kier alpha value is -0.920. The van der Waals surface area contributed by atoms with Crippen molar-refractivity contribution in [1.82, 2.24) is 9.97 Å². The molecule has 1 aromatic rings. The fourth-order valence-electron chi connectivity index (χ4n) is 2.49. The first-order valence-electron chi connectivity index (χ1n) is 6.99. The largest absolute Gasteiger partial charge is 0.261 e. The molecule has 1 heterocycles. The molecule has 0 N–H and O–H groups in total. The molecule has 2 heteroatoms. The Morgan fingerprint density at radius 2 is 1.82 bits per heavy atom. The van der Waals surface area contributed by atoms with Crippen LogP contribution in [0.5, 0.6) is 0 Å². The molecule has 1 aromatic heterocycles. The highest BCUT2D eigenvalue weighted by Gasteiger charge is 2.26. The van der Waals surface area contributed by atoms with Gasteiger partial charge in [0.2, 0.25) is 0 Å². The van der Waals surface area contributed by atoms with Crippen LogP contribution in [0.3, 0.4) is 0 Å². The Morgan fingerprint density at radius 3 is 2.41 bits per heavy atom. The van der Waals surface area contributed by atoms with Crippen LogP contribution in [0.4, 0.5) is 0 Å². The van der Waals surface area contributed by atoms with Gasteiger partial charge in [-0.25, -0.2) is 0 Å². The summed E-state index contributed by atoms with van der Waals surface area (Å²) in [5, 5.41) is 0. The smallest absolute Gasteiger partial charge is 0.0645 e. The van der Waals surface area contributed by atoms with Crippen molar-refractivity contribution in [3.8, 4) is 0 Å². The minimum atomic E-state index is 0.219. The summed E-state index contributed by atoms with van der Waals surface area (Å²) in [5.74, 6) is 0. The van der Waals surface area contributed by atoms with E-state index >= 15 is 0 Å². The standard InChI is InChI=1S/C15H26N2/c1-4-6-7-8-10-15(3,9-5-2)14-13-16-11-12-17-14/h11-13H,4-10H2,1-3H3. The van der Waals surface area contributed by atoms with Gasteiger partial charge in [-0.05, 0) is 12.8 Å². The van der Waals surface area contributed by atoms with Crippen molar-refractivity contribution >= 4 is 0 Å². The van der Waals surface area contributed by atoms with Gasteiger partial charge in [0.05, 0.1) is 5.69 Å². The molecule has 1 atom stereocenters. The Morgan fingerprint density at radius 1 is 1.00 bits per heavy atom. The Balaban J connectivity index is 2.62. The first-order valence-corrected chi connectivity index (χ1v) is 6.99. The molecule has 0 saturated carbocycles. The lowest BCUT2D eigenvalue weighted by Crippen LogP contribution is -2.23. The Labute approximate surface area is 106 Å². The summed E-state index contributed by atoms with van der Waals surface area (Å²) in [6.45, 7) is 6.85. The Kier molecular flexibility index (Phi) is 6.17. The highest BCUT2D eigenvalue weighted by atomic mass is 14.8. The average molecular weight is 234 g/mol. The van der Waals surface area contributed by atoms with Crippen molar-refractivity contribution < 1.29 is 0 Å². The number of unbranched alkanes of at least 4 members (excludes halogenated alkanes) is 3. The van der Waals surface area contributed by atoms with E-state index in [2.05, 4.69) is 30.7 Å². The van der Waals surface area contributed by atoms with Gasteiger partial charge in [0, 0.05) is 24.0 Å². The summed E-state index contributed by atoms with van der Waals surface area (Å²) >= 11 is 0. The van der Waals surface area contributed by atoms with Crippen LogP contribution in [0, 0.1) is 0 Å². The summed E-state index contributed by atoms with van der Waals surface area (Å²) < 4.78 is 0. The molecule has 0 aliphatic carbocycles. The number of nitrogens with zero attached hydrogens (tertiary/aromatic N) is 2. The SMILES string of the molecule is CCCCCCC(C)(CCC)c1cnccn1. The minimum Gasteiger partial charge on any atom is -0.261 e. The van der Waals surface area contributed by atoms with E-state index in [4.69, 9.17) is 0 Å². The van der Waals surface area contributed by atoms with Gasteiger partial charge in [-0.15, -0.1) is 0 Å². The quantitative estimate of drug-likeness (QED) is 0.619. The molecule has 0 aliphatic rings. The second kappa shape index (κ2) is 7.41. The average Bonchev–Trinajstić information content (AvgIpc) is 2.36. The van der Waals surface area contributed by atoms with E-state index in [0.717, 1.165) is 0 Å². The highest BCUT2D eigenvalue weighted by molar-refractivity contribution is 5.11. The maximum absolute atomic E-state index is 4.51. The van der Waals surface area contributed by atoms with Crippen molar-refractivity contribution in [2.75, 3.05) is 0 Å². The molecule has 0 bridgehead atoms. The molecule has 0 spiro atoms.